The van der Waals surface area contributed by atoms with E-state index in [1.165, 1.54) is 71.3 Å². The molecule has 0 N–H and O–H groups in total. The zero-order valence-electron chi connectivity index (χ0n) is 19.7. The molecular weight excluding hydrogens is 376 g/mol. The number of likely N-dealkylation sites (N-methyl/N-ethyl adjacent to an activating group) is 2. The van der Waals surface area contributed by atoms with Gasteiger partial charge in [-0.1, -0.05) is 43.0 Å². The molecule has 2 fully saturated rings. The first-order valence-corrected chi connectivity index (χ1v) is 11.7. The lowest BCUT2D eigenvalue weighted by molar-refractivity contribution is 0.467. The highest BCUT2D eigenvalue weighted by molar-refractivity contribution is 5.70. The van der Waals surface area contributed by atoms with Gasteiger partial charge in [0.2, 0.25) is 0 Å². The van der Waals surface area contributed by atoms with Crippen LogP contribution in [0.3, 0.4) is 0 Å². The number of allylic oxidation sites excluding steroid dienone is 6. The van der Waals surface area contributed by atoms with E-state index in [2.05, 4.69) is 93.3 Å². The van der Waals surface area contributed by atoms with Gasteiger partial charge in [-0.25, -0.2) is 0 Å². The third-order valence-electron chi connectivity index (χ3n) is 6.93. The van der Waals surface area contributed by atoms with Crippen molar-refractivity contribution < 1.29 is 0 Å². The minimum Gasteiger partial charge on any atom is -0.345 e. The van der Waals surface area contributed by atoms with Crippen LogP contribution in [0.5, 0.6) is 0 Å². The molecule has 1 heterocycles. The molecule has 4 rings (SSSR count). The topological polar surface area (TPSA) is 6.48 Å². The molecule has 2 heteroatoms. The first-order chi connectivity index (χ1) is 14.9. The second-order valence-corrected chi connectivity index (χ2v) is 9.18. The molecule has 162 valence electrons. The highest BCUT2D eigenvalue weighted by Crippen LogP contribution is 2.44. The number of aryl methyl sites for hydroxylation is 1. The molecule has 1 aromatic rings. The van der Waals surface area contributed by atoms with E-state index in [4.69, 9.17) is 0 Å². The summed E-state index contributed by atoms with van der Waals surface area (Å²) >= 11 is 0. The predicted octanol–water partition coefficient (Wildman–Crippen LogP) is 7.35. The number of hydrogen-bond acceptors (Lipinski definition) is 2. The van der Waals surface area contributed by atoms with E-state index in [0.29, 0.717) is 0 Å². The fraction of sp³-hybridized carbons (Fsp3) is 0.379. The molecular formula is C29H36N2. The Kier molecular flexibility index (Phi) is 6.09. The second kappa shape index (κ2) is 8.78. The van der Waals surface area contributed by atoms with Crippen molar-refractivity contribution in [1.29, 1.82) is 0 Å². The highest BCUT2D eigenvalue weighted by atomic mass is 15.1. The Morgan fingerprint density at radius 2 is 1.84 bits per heavy atom. The summed E-state index contributed by atoms with van der Waals surface area (Å²) in [5, 5.41) is 0. The van der Waals surface area contributed by atoms with Crippen molar-refractivity contribution in [2.24, 2.45) is 5.92 Å². The summed E-state index contributed by atoms with van der Waals surface area (Å²) < 4.78 is 0. The monoisotopic (exact) mass is 412 g/mol. The maximum absolute atomic E-state index is 4.43. The lowest BCUT2D eigenvalue weighted by Gasteiger charge is -2.33. The van der Waals surface area contributed by atoms with Crippen LogP contribution < -0.4 is 0 Å². The Hall–Kier alpha value is -2.74. The largest absolute Gasteiger partial charge is 0.345 e. The number of hydrogen-bond donors (Lipinski definition) is 0. The van der Waals surface area contributed by atoms with Crippen LogP contribution in [0.4, 0.5) is 0 Å². The maximum atomic E-state index is 4.43. The van der Waals surface area contributed by atoms with Crippen LogP contribution >= 0.6 is 0 Å². The Balaban J connectivity index is 1.61. The molecule has 2 nitrogen and oxygen atoms in total. The Labute approximate surface area is 188 Å². The third kappa shape index (κ3) is 4.35. The molecule has 0 spiro atoms. The third-order valence-corrected chi connectivity index (χ3v) is 6.93. The number of rotatable bonds is 7. The maximum Gasteiger partial charge on any atom is 0.0473 e. The van der Waals surface area contributed by atoms with Gasteiger partial charge in [0.1, 0.15) is 0 Å². The van der Waals surface area contributed by atoms with Gasteiger partial charge in [0.25, 0.3) is 0 Å². The molecule has 3 aliphatic rings. The lowest BCUT2D eigenvalue weighted by atomic mass is 9.87. The molecule has 0 aromatic heterocycles. The molecule has 0 bridgehead atoms. The fourth-order valence-electron chi connectivity index (χ4n) is 4.64. The summed E-state index contributed by atoms with van der Waals surface area (Å²) in [6.45, 7) is 16.3. The molecule has 0 radical (unpaired) electrons. The molecule has 2 saturated carbocycles. The van der Waals surface area contributed by atoms with Crippen LogP contribution in [0.2, 0.25) is 0 Å². The van der Waals surface area contributed by atoms with Crippen LogP contribution in [-0.4, -0.2) is 23.4 Å². The molecule has 1 aromatic carbocycles. The summed E-state index contributed by atoms with van der Waals surface area (Å²) in [5.41, 5.74) is 11.7. The fourth-order valence-corrected chi connectivity index (χ4v) is 4.64. The van der Waals surface area contributed by atoms with Crippen LogP contribution in [-0.2, 0) is 0 Å². The first-order valence-electron chi connectivity index (χ1n) is 11.7. The summed E-state index contributed by atoms with van der Waals surface area (Å²) in [7, 11) is 2.15. The molecule has 0 amide bonds. The van der Waals surface area contributed by atoms with Gasteiger partial charge in [-0.3, -0.25) is 0 Å². The molecule has 2 aliphatic carbocycles. The minimum atomic E-state index is 0.724. The van der Waals surface area contributed by atoms with Gasteiger partial charge in [0.05, 0.1) is 0 Å². The van der Waals surface area contributed by atoms with E-state index in [-0.39, 0.29) is 0 Å². The quantitative estimate of drug-likeness (QED) is 0.432. The van der Waals surface area contributed by atoms with Gasteiger partial charge in [-0.15, -0.1) is 0 Å². The van der Waals surface area contributed by atoms with Crippen LogP contribution in [0.25, 0.3) is 5.70 Å². The Morgan fingerprint density at radius 1 is 1.16 bits per heavy atom. The molecule has 0 saturated heterocycles. The van der Waals surface area contributed by atoms with E-state index in [1.54, 1.807) is 0 Å². The van der Waals surface area contributed by atoms with Gasteiger partial charge in [-0.2, -0.15) is 0 Å². The van der Waals surface area contributed by atoms with Crippen molar-refractivity contribution in [2.45, 2.75) is 52.9 Å². The Bertz CT molecular complexity index is 1000. The summed E-state index contributed by atoms with van der Waals surface area (Å²) in [4.78, 5) is 4.59. The molecule has 1 aliphatic heterocycles. The van der Waals surface area contributed by atoms with Gasteiger partial charge >= 0.3 is 0 Å². The number of benzene rings is 1. The average molecular weight is 413 g/mol. The molecule has 0 unspecified atom stereocenters. The summed E-state index contributed by atoms with van der Waals surface area (Å²) in [6, 6.07) is 8.89. The standard InChI is InChI=1S/C29H36N2/c1-7-31-22(4)19-27(24-16-17-24)23(5)28(31)18-13-21(3)30(6)29(25-9-8-10-25)26-14-11-20(2)12-15-26/h11-15,18-19,24H,3-4,7-10,16-17H2,1-2,5-6H3/b18-13-. The SMILES string of the molecule is C=C(/C=C\C1=C(C)C(C2CC2)=CC(=C)N1CC)N(C)C(=C1CCC1)c1ccc(C)cc1. The highest BCUT2D eigenvalue weighted by Gasteiger charge is 2.31. The Morgan fingerprint density at radius 3 is 2.39 bits per heavy atom. The predicted molar refractivity (Wildman–Crippen MR) is 133 cm³/mol. The minimum absolute atomic E-state index is 0.724. The summed E-state index contributed by atoms with van der Waals surface area (Å²) in [5.74, 6) is 0.724. The zero-order valence-corrected chi connectivity index (χ0v) is 19.7. The van der Waals surface area contributed by atoms with Crippen molar-refractivity contribution in [3.63, 3.8) is 0 Å². The van der Waals surface area contributed by atoms with Crippen LogP contribution in [0.1, 0.15) is 57.1 Å². The normalized spacial score (nSPS) is 19.0. The van der Waals surface area contributed by atoms with Crippen molar-refractivity contribution in [3.8, 4) is 0 Å². The number of nitrogens with zero attached hydrogens (tertiary/aromatic N) is 2. The van der Waals surface area contributed by atoms with Crippen molar-refractivity contribution >= 4 is 5.70 Å². The van der Waals surface area contributed by atoms with E-state index in [9.17, 15) is 0 Å². The van der Waals surface area contributed by atoms with Gasteiger partial charge < -0.3 is 9.80 Å². The van der Waals surface area contributed by atoms with Gasteiger partial charge in [-0.05, 0) is 99.3 Å². The molecule has 0 atom stereocenters. The smallest absolute Gasteiger partial charge is 0.0473 e. The van der Waals surface area contributed by atoms with Gasteiger partial charge in [0.15, 0.2) is 0 Å². The van der Waals surface area contributed by atoms with Crippen LogP contribution in [0, 0.1) is 12.8 Å². The molecule has 31 heavy (non-hydrogen) atoms. The van der Waals surface area contributed by atoms with Crippen molar-refractivity contribution in [1.82, 2.24) is 9.80 Å². The lowest BCUT2D eigenvalue weighted by Crippen LogP contribution is -2.25. The second-order valence-electron chi connectivity index (χ2n) is 9.18. The van der Waals surface area contributed by atoms with Crippen molar-refractivity contribution in [3.05, 3.63) is 101 Å². The van der Waals surface area contributed by atoms with E-state index < -0.39 is 0 Å². The summed E-state index contributed by atoms with van der Waals surface area (Å²) in [6.07, 6.45) is 13.0. The van der Waals surface area contributed by atoms with E-state index in [1.807, 2.05) is 0 Å². The van der Waals surface area contributed by atoms with Crippen LogP contribution in [0.15, 0.2) is 89.5 Å². The van der Waals surface area contributed by atoms with Gasteiger partial charge in [0, 0.05) is 36.4 Å². The average Bonchev–Trinajstić information content (AvgIpc) is 3.56. The first kappa shape index (κ1) is 21.5. The van der Waals surface area contributed by atoms with E-state index >= 15 is 0 Å². The van der Waals surface area contributed by atoms with Crippen molar-refractivity contribution in [2.75, 3.05) is 13.6 Å². The zero-order chi connectivity index (χ0) is 22.1. The van der Waals surface area contributed by atoms with E-state index in [0.717, 1.165) is 23.9 Å².